The average Bonchev–Trinajstić information content (AvgIpc) is 3.43. The summed E-state index contributed by atoms with van der Waals surface area (Å²) in [7, 11) is 1.73. The maximum absolute atomic E-state index is 12.5. The van der Waals surface area contributed by atoms with Gasteiger partial charge in [-0.3, -0.25) is 9.69 Å². The van der Waals surface area contributed by atoms with E-state index in [4.69, 9.17) is 29.3 Å². The summed E-state index contributed by atoms with van der Waals surface area (Å²) in [6.07, 6.45) is 7.98. The SMILES string of the molecule is CCCN(CCCCN1CC2CCCC2C1=O)C1COc2cccc(OC)c2C1.O=C(O)C(=O)O. The van der Waals surface area contributed by atoms with E-state index in [2.05, 4.69) is 16.7 Å². The van der Waals surface area contributed by atoms with E-state index >= 15 is 0 Å². The van der Waals surface area contributed by atoms with Crippen molar-refractivity contribution < 1.29 is 34.1 Å². The molecule has 1 amide bonds. The number of aliphatic carboxylic acids is 2. The Hall–Kier alpha value is -2.81. The Morgan fingerprint density at radius 2 is 1.94 bits per heavy atom. The number of fused-ring (bicyclic) bond motifs is 2. The predicted octanol–water partition coefficient (Wildman–Crippen LogP) is 2.91. The molecule has 4 rings (SSSR count). The maximum atomic E-state index is 12.5. The number of likely N-dealkylation sites (tertiary alicyclic amines) is 1. The van der Waals surface area contributed by atoms with Crippen molar-refractivity contribution in [3.8, 4) is 11.5 Å². The fraction of sp³-hybridized carbons (Fsp3) is 0.654. The van der Waals surface area contributed by atoms with E-state index in [0.29, 0.717) is 23.8 Å². The van der Waals surface area contributed by atoms with Gasteiger partial charge in [0.05, 0.1) is 7.11 Å². The topological polar surface area (TPSA) is 117 Å². The van der Waals surface area contributed by atoms with Gasteiger partial charge in [-0.05, 0) is 69.7 Å². The van der Waals surface area contributed by atoms with E-state index in [1.807, 2.05) is 18.2 Å². The van der Waals surface area contributed by atoms with Crippen LogP contribution in [0.1, 0.15) is 51.0 Å². The van der Waals surface area contributed by atoms with Crippen molar-refractivity contribution in [3.63, 3.8) is 0 Å². The van der Waals surface area contributed by atoms with Crippen molar-refractivity contribution in [1.82, 2.24) is 9.80 Å². The Labute approximate surface area is 207 Å². The molecule has 2 N–H and O–H groups in total. The molecule has 3 unspecified atom stereocenters. The summed E-state index contributed by atoms with van der Waals surface area (Å²) in [5, 5.41) is 14.8. The lowest BCUT2D eigenvalue weighted by Crippen LogP contribution is -2.44. The van der Waals surface area contributed by atoms with Crippen LogP contribution in [-0.2, 0) is 20.8 Å². The largest absolute Gasteiger partial charge is 0.496 e. The highest BCUT2D eigenvalue weighted by Gasteiger charge is 2.42. The second kappa shape index (κ2) is 12.8. The standard InChI is InChI=1S/C24H36N2O3.C2H2O4/c1-3-12-25(19-15-21-22(28-2)10-7-11-23(21)29-17-19)13-4-5-14-26-16-18-8-6-9-20(18)24(26)27;3-1(4)2(5)6/h7,10-11,18-20H,3-6,8-9,12-17H2,1-2H3;(H,3,4)(H,5,6). The van der Waals surface area contributed by atoms with Crippen molar-refractivity contribution in [3.05, 3.63) is 23.8 Å². The summed E-state index contributed by atoms with van der Waals surface area (Å²) < 4.78 is 11.6. The van der Waals surface area contributed by atoms with Crippen LogP contribution in [0.25, 0.3) is 0 Å². The molecule has 1 saturated carbocycles. The zero-order chi connectivity index (χ0) is 25.4. The molecule has 1 saturated heterocycles. The molecule has 2 aliphatic heterocycles. The molecular weight excluding hydrogens is 452 g/mol. The van der Waals surface area contributed by atoms with Gasteiger partial charge in [-0.1, -0.05) is 19.4 Å². The third-order valence-corrected chi connectivity index (χ3v) is 7.26. The van der Waals surface area contributed by atoms with E-state index in [1.54, 1.807) is 7.11 Å². The first-order chi connectivity index (χ1) is 16.8. The van der Waals surface area contributed by atoms with Crippen LogP contribution in [0.5, 0.6) is 11.5 Å². The quantitative estimate of drug-likeness (QED) is 0.401. The number of unbranched alkanes of at least 4 members (excludes halogenated alkanes) is 1. The smallest absolute Gasteiger partial charge is 0.414 e. The molecule has 9 nitrogen and oxygen atoms in total. The fourth-order valence-electron chi connectivity index (χ4n) is 5.56. The number of hydrogen-bond donors (Lipinski definition) is 2. The van der Waals surface area contributed by atoms with Gasteiger partial charge in [0.2, 0.25) is 5.91 Å². The van der Waals surface area contributed by atoms with Gasteiger partial charge in [-0.15, -0.1) is 0 Å². The van der Waals surface area contributed by atoms with E-state index < -0.39 is 11.9 Å². The van der Waals surface area contributed by atoms with Gasteiger partial charge >= 0.3 is 11.9 Å². The number of carbonyl (C=O) groups is 3. The zero-order valence-electron chi connectivity index (χ0n) is 20.8. The molecule has 2 fully saturated rings. The van der Waals surface area contributed by atoms with Gasteiger partial charge in [0.25, 0.3) is 0 Å². The van der Waals surface area contributed by atoms with Gasteiger partial charge < -0.3 is 24.6 Å². The van der Waals surface area contributed by atoms with Crippen molar-refractivity contribution in [2.45, 2.75) is 57.9 Å². The first-order valence-electron chi connectivity index (χ1n) is 12.6. The zero-order valence-corrected chi connectivity index (χ0v) is 20.8. The minimum Gasteiger partial charge on any atom is -0.496 e. The van der Waals surface area contributed by atoms with Crippen molar-refractivity contribution >= 4 is 17.8 Å². The van der Waals surface area contributed by atoms with Gasteiger partial charge in [0.15, 0.2) is 0 Å². The number of carboxylic acid groups (broad SMARTS) is 2. The maximum Gasteiger partial charge on any atom is 0.414 e. The lowest BCUT2D eigenvalue weighted by atomic mass is 10.00. The molecule has 1 aromatic rings. The second-order valence-corrected chi connectivity index (χ2v) is 9.54. The van der Waals surface area contributed by atoms with Crippen LogP contribution in [-0.4, -0.2) is 83.8 Å². The summed E-state index contributed by atoms with van der Waals surface area (Å²) in [5.41, 5.74) is 1.20. The number of rotatable bonds is 9. The Morgan fingerprint density at radius 3 is 2.60 bits per heavy atom. The molecule has 3 atom stereocenters. The molecule has 9 heteroatoms. The van der Waals surface area contributed by atoms with Crippen molar-refractivity contribution in [2.75, 3.05) is 39.9 Å². The molecule has 0 aromatic heterocycles. The highest BCUT2D eigenvalue weighted by atomic mass is 16.5. The van der Waals surface area contributed by atoms with Crippen molar-refractivity contribution in [1.29, 1.82) is 0 Å². The fourth-order valence-corrected chi connectivity index (χ4v) is 5.56. The Kier molecular flexibility index (Phi) is 9.77. The number of benzene rings is 1. The first kappa shape index (κ1) is 26.8. The number of carboxylic acids is 2. The molecule has 194 valence electrons. The van der Waals surface area contributed by atoms with Crippen LogP contribution >= 0.6 is 0 Å². The molecule has 0 spiro atoms. The minimum atomic E-state index is -1.82. The van der Waals surface area contributed by atoms with Gasteiger partial charge in [0, 0.05) is 30.6 Å². The van der Waals surface area contributed by atoms with Gasteiger partial charge in [0.1, 0.15) is 18.1 Å². The van der Waals surface area contributed by atoms with Crippen molar-refractivity contribution in [2.24, 2.45) is 11.8 Å². The highest BCUT2D eigenvalue weighted by Crippen LogP contribution is 2.38. The molecule has 3 aliphatic rings. The second-order valence-electron chi connectivity index (χ2n) is 9.54. The summed E-state index contributed by atoms with van der Waals surface area (Å²) in [5.74, 6) is -0.321. The first-order valence-corrected chi connectivity index (χ1v) is 12.6. The van der Waals surface area contributed by atoms with Gasteiger partial charge in [-0.2, -0.15) is 0 Å². The van der Waals surface area contributed by atoms with E-state index in [-0.39, 0.29) is 0 Å². The van der Waals surface area contributed by atoms with E-state index in [1.165, 1.54) is 18.4 Å². The number of amides is 1. The third-order valence-electron chi connectivity index (χ3n) is 7.26. The number of hydrogen-bond acceptors (Lipinski definition) is 6. The number of nitrogens with zero attached hydrogens (tertiary/aromatic N) is 2. The summed E-state index contributed by atoms with van der Waals surface area (Å²) in [6, 6.07) is 6.46. The predicted molar refractivity (Wildman–Crippen MR) is 130 cm³/mol. The average molecular weight is 491 g/mol. The summed E-state index contributed by atoms with van der Waals surface area (Å²) >= 11 is 0. The van der Waals surface area contributed by atoms with Gasteiger partial charge in [-0.25, -0.2) is 9.59 Å². The monoisotopic (exact) mass is 490 g/mol. The molecule has 0 bridgehead atoms. The Balaban J connectivity index is 0.000000509. The molecule has 35 heavy (non-hydrogen) atoms. The minimum absolute atomic E-state index is 0.348. The molecule has 0 radical (unpaired) electrons. The Morgan fingerprint density at radius 1 is 1.17 bits per heavy atom. The lowest BCUT2D eigenvalue weighted by Gasteiger charge is -2.35. The molecule has 1 aromatic carbocycles. The van der Waals surface area contributed by atoms with E-state index in [0.717, 1.165) is 76.4 Å². The third kappa shape index (κ3) is 6.87. The Bertz CT molecular complexity index is 864. The summed E-state index contributed by atoms with van der Waals surface area (Å²) in [6.45, 7) is 7.09. The highest BCUT2D eigenvalue weighted by molar-refractivity contribution is 6.27. The molecular formula is C26H38N2O7. The molecule has 2 heterocycles. The number of methoxy groups -OCH3 is 1. The summed E-state index contributed by atoms with van der Waals surface area (Å²) in [4.78, 5) is 35.4. The van der Waals surface area contributed by atoms with Crippen LogP contribution in [0.2, 0.25) is 0 Å². The van der Waals surface area contributed by atoms with E-state index in [9.17, 15) is 4.79 Å². The number of ether oxygens (including phenoxy) is 2. The lowest BCUT2D eigenvalue weighted by molar-refractivity contribution is -0.159. The van der Waals surface area contributed by atoms with Crippen LogP contribution in [0.15, 0.2) is 18.2 Å². The van der Waals surface area contributed by atoms with Crippen LogP contribution in [0, 0.1) is 11.8 Å². The van der Waals surface area contributed by atoms with Crippen LogP contribution in [0.3, 0.4) is 0 Å². The molecule has 1 aliphatic carbocycles. The van der Waals surface area contributed by atoms with Crippen LogP contribution in [0.4, 0.5) is 0 Å². The number of carbonyl (C=O) groups excluding carboxylic acids is 1. The van der Waals surface area contributed by atoms with Crippen LogP contribution < -0.4 is 9.47 Å². The normalized spacial score (nSPS) is 22.7.